The van der Waals surface area contributed by atoms with E-state index in [-0.39, 0.29) is 5.91 Å². The smallest absolute Gasteiger partial charge is 0.242 e. The van der Waals surface area contributed by atoms with E-state index in [1.165, 1.54) is 0 Å². The molecule has 6 heteroatoms. The summed E-state index contributed by atoms with van der Waals surface area (Å²) in [5.74, 6) is 1.78. The Morgan fingerprint density at radius 1 is 1.19 bits per heavy atom. The molecule has 0 spiro atoms. The number of fused-ring (bicyclic) bond motifs is 1. The van der Waals surface area contributed by atoms with Crippen molar-refractivity contribution in [3.63, 3.8) is 0 Å². The predicted octanol–water partition coefficient (Wildman–Crippen LogP) is 2.74. The van der Waals surface area contributed by atoms with Gasteiger partial charge in [0.25, 0.3) is 0 Å². The highest BCUT2D eigenvalue weighted by Gasteiger charge is 2.15. The number of furan rings is 1. The molecule has 1 N–H and O–H groups in total. The number of para-hydroxylation sites is 1. The number of hydrogen-bond donors (Lipinski definition) is 1. The first-order chi connectivity index (χ1) is 12.6. The summed E-state index contributed by atoms with van der Waals surface area (Å²) in [5.41, 5.74) is 0.903. The fourth-order valence-corrected chi connectivity index (χ4v) is 2.86. The number of carbonyl (C=O) groups excluding carboxylic acids is 1. The molecule has 26 heavy (non-hydrogen) atoms. The average molecular weight is 358 g/mol. The number of aliphatic imine (C=N–C) groups is 1. The van der Waals surface area contributed by atoms with Gasteiger partial charge in [-0.05, 0) is 32.9 Å². The van der Waals surface area contributed by atoms with E-state index in [4.69, 9.17) is 4.42 Å². The van der Waals surface area contributed by atoms with E-state index in [0.717, 1.165) is 48.7 Å². The van der Waals surface area contributed by atoms with Crippen LogP contribution in [0.25, 0.3) is 11.0 Å². The fraction of sp³-hybridized carbons (Fsp3) is 0.500. The van der Waals surface area contributed by atoms with Gasteiger partial charge in [0, 0.05) is 45.0 Å². The van der Waals surface area contributed by atoms with Gasteiger partial charge in [-0.25, -0.2) is 0 Å². The van der Waals surface area contributed by atoms with E-state index in [9.17, 15) is 4.79 Å². The minimum absolute atomic E-state index is 0.111. The number of benzene rings is 1. The lowest BCUT2D eigenvalue weighted by atomic mass is 10.2. The number of likely N-dealkylation sites (N-methyl/N-ethyl adjacent to an activating group) is 2. The normalized spacial score (nSPS) is 11.6. The molecular formula is C20H30N4O2. The maximum atomic E-state index is 12.3. The monoisotopic (exact) mass is 358 g/mol. The predicted molar refractivity (Wildman–Crippen MR) is 106 cm³/mol. The van der Waals surface area contributed by atoms with Gasteiger partial charge >= 0.3 is 0 Å². The van der Waals surface area contributed by atoms with E-state index in [0.29, 0.717) is 13.1 Å². The highest BCUT2D eigenvalue weighted by Crippen LogP contribution is 2.19. The number of guanidine groups is 1. The third-order valence-corrected chi connectivity index (χ3v) is 4.28. The lowest BCUT2D eigenvalue weighted by molar-refractivity contribution is -0.131. The van der Waals surface area contributed by atoms with Crippen LogP contribution in [0.4, 0.5) is 0 Å². The number of carbonyl (C=O) groups is 1. The molecule has 0 aliphatic carbocycles. The van der Waals surface area contributed by atoms with Gasteiger partial charge in [-0.3, -0.25) is 9.79 Å². The van der Waals surface area contributed by atoms with Crippen LogP contribution in [0.2, 0.25) is 0 Å². The van der Waals surface area contributed by atoms with Gasteiger partial charge < -0.3 is 19.5 Å². The van der Waals surface area contributed by atoms with Crippen LogP contribution in [0.15, 0.2) is 39.7 Å². The molecule has 142 valence electrons. The maximum Gasteiger partial charge on any atom is 0.242 e. The summed E-state index contributed by atoms with van der Waals surface area (Å²) in [7, 11) is 1.89. The topological polar surface area (TPSA) is 61.1 Å². The van der Waals surface area contributed by atoms with Gasteiger partial charge in [-0.1, -0.05) is 18.2 Å². The molecule has 0 atom stereocenters. The zero-order chi connectivity index (χ0) is 18.9. The van der Waals surface area contributed by atoms with Crippen molar-refractivity contribution in [2.45, 2.75) is 27.2 Å². The average Bonchev–Trinajstić information content (AvgIpc) is 3.04. The molecule has 0 fully saturated rings. The van der Waals surface area contributed by atoms with E-state index in [1.807, 2.05) is 61.9 Å². The lowest BCUT2D eigenvalue weighted by Gasteiger charge is -2.25. The first-order valence-corrected chi connectivity index (χ1v) is 9.33. The molecule has 1 amide bonds. The Labute approximate surface area is 155 Å². The SMILES string of the molecule is CCNC(=NCCc1cc2ccccc2o1)N(C)CC(=O)N(CC)CC. The van der Waals surface area contributed by atoms with Crippen molar-refractivity contribution < 1.29 is 9.21 Å². The number of hydrogen-bond acceptors (Lipinski definition) is 3. The molecule has 1 aromatic carbocycles. The van der Waals surface area contributed by atoms with Crippen LogP contribution in [-0.4, -0.2) is 61.4 Å². The minimum Gasteiger partial charge on any atom is -0.461 e. The molecule has 2 rings (SSSR count). The van der Waals surface area contributed by atoms with E-state index < -0.39 is 0 Å². The second-order valence-electron chi connectivity index (χ2n) is 6.16. The highest BCUT2D eigenvalue weighted by molar-refractivity contribution is 5.86. The molecule has 0 aliphatic rings. The van der Waals surface area contributed by atoms with Gasteiger partial charge in [0.2, 0.25) is 5.91 Å². The molecule has 1 heterocycles. The van der Waals surface area contributed by atoms with Crippen LogP contribution >= 0.6 is 0 Å². The van der Waals surface area contributed by atoms with Crippen LogP contribution in [0, 0.1) is 0 Å². The number of nitrogens with one attached hydrogen (secondary N) is 1. The van der Waals surface area contributed by atoms with Crippen molar-refractivity contribution in [1.82, 2.24) is 15.1 Å². The quantitative estimate of drug-likeness (QED) is 0.582. The van der Waals surface area contributed by atoms with Crippen molar-refractivity contribution in [2.75, 3.05) is 39.8 Å². The van der Waals surface area contributed by atoms with Gasteiger partial charge in [-0.15, -0.1) is 0 Å². The third kappa shape index (κ3) is 5.25. The van der Waals surface area contributed by atoms with Gasteiger partial charge in [-0.2, -0.15) is 0 Å². The lowest BCUT2D eigenvalue weighted by Crippen LogP contribution is -2.45. The first kappa shape index (κ1) is 19.8. The summed E-state index contributed by atoms with van der Waals surface area (Å²) in [6.07, 6.45) is 0.724. The van der Waals surface area contributed by atoms with E-state index in [1.54, 1.807) is 0 Å². The summed E-state index contributed by atoms with van der Waals surface area (Å²) in [6.45, 7) is 9.14. The molecule has 0 bridgehead atoms. The Hall–Kier alpha value is -2.50. The number of amides is 1. The number of nitrogens with zero attached hydrogens (tertiary/aromatic N) is 3. The van der Waals surface area contributed by atoms with Crippen LogP contribution in [0.1, 0.15) is 26.5 Å². The zero-order valence-corrected chi connectivity index (χ0v) is 16.3. The van der Waals surface area contributed by atoms with Crippen LogP contribution in [-0.2, 0) is 11.2 Å². The third-order valence-electron chi connectivity index (χ3n) is 4.28. The molecule has 6 nitrogen and oxygen atoms in total. The summed E-state index contributed by atoms with van der Waals surface area (Å²) in [4.78, 5) is 20.7. The van der Waals surface area contributed by atoms with Gasteiger partial charge in [0.1, 0.15) is 11.3 Å². The summed E-state index contributed by atoms with van der Waals surface area (Å²) in [5, 5.41) is 4.36. The Bertz CT molecular complexity index is 701. The van der Waals surface area contributed by atoms with Gasteiger partial charge in [0.15, 0.2) is 5.96 Å². The summed E-state index contributed by atoms with van der Waals surface area (Å²) in [6, 6.07) is 10.1. The molecule has 0 saturated heterocycles. The van der Waals surface area contributed by atoms with Crippen LogP contribution in [0.3, 0.4) is 0 Å². The second-order valence-corrected chi connectivity index (χ2v) is 6.16. The summed E-state index contributed by atoms with van der Waals surface area (Å²) >= 11 is 0. The molecule has 0 saturated carbocycles. The molecule has 0 aliphatic heterocycles. The molecule has 0 radical (unpaired) electrons. The largest absolute Gasteiger partial charge is 0.461 e. The van der Waals surface area contributed by atoms with Crippen LogP contribution < -0.4 is 5.32 Å². The Balaban J connectivity index is 1.97. The van der Waals surface area contributed by atoms with Crippen molar-refractivity contribution in [3.05, 3.63) is 36.1 Å². The minimum atomic E-state index is 0.111. The number of rotatable bonds is 8. The maximum absolute atomic E-state index is 12.3. The van der Waals surface area contributed by atoms with E-state index in [2.05, 4.69) is 16.4 Å². The molecular weight excluding hydrogens is 328 g/mol. The Morgan fingerprint density at radius 2 is 1.92 bits per heavy atom. The summed E-state index contributed by atoms with van der Waals surface area (Å²) < 4.78 is 5.83. The van der Waals surface area contributed by atoms with E-state index >= 15 is 0 Å². The zero-order valence-electron chi connectivity index (χ0n) is 16.3. The molecule has 0 unspecified atom stereocenters. The second kappa shape index (κ2) is 9.85. The first-order valence-electron chi connectivity index (χ1n) is 9.33. The standard InChI is InChI=1S/C20H30N4O2/c1-5-21-20(23(4)15-19(25)24(6-2)7-3)22-13-12-17-14-16-10-8-9-11-18(16)26-17/h8-11,14H,5-7,12-13,15H2,1-4H3,(H,21,22). The van der Waals surface area contributed by atoms with Crippen molar-refractivity contribution in [3.8, 4) is 0 Å². The molecule has 2 aromatic rings. The van der Waals surface area contributed by atoms with Gasteiger partial charge in [0.05, 0.1) is 6.54 Å². The van der Waals surface area contributed by atoms with Crippen molar-refractivity contribution in [1.29, 1.82) is 0 Å². The fourth-order valence-electron chi connectivity index (χ4n) is 2.86. The van der Waals surface area contributed by atoms with Crippen molar-refractivity contribution in [2.24, 2.45) is 4.99 Å². The van der Waals surface area contributed by atoms with Crippen molar-refractivity contribution >= 4 is 22.8 Å². The Kier molecular flexibility index (Phi) is 7.51. The Morgan fingerprint density at radius 3 is 2.58 bits per heavy atom. The van der Waals surface area contributed by atoms with Crippen LogP contribution in [0.5, 0.6) is 0 Å². The molecule has 1 aromatic heterocycles. The highest BCUT2D eigenvalue weighted by atomic mass is 16.3.